The third kappa shape index (κ3) is 3.55. The van der Waals surface area contributed by atoms with Gasteiger partial charge in [-0.25, -0.2) is 8.42 Å². The zero-order valence-electron chi connectivity index (χ0n) is 6.92. The Kier molecular flexibility index (Phi) is 3.76. The van der Waals surface area contributed by atoms with Gasteiger partial charge in [0.2, 0.25) is 0 Å². The minimum absolute atomic E-state index is 0.0900. The zero-order valence-corrected chi connectivity index (χ0v) is 11.5. The third-order valence-electron chi connectivity index (χ3n) is 1.47. The summed E-state index contributed by atoms with van der Waals surface area (Å²) in [5, 5.41) is 0. The quantitative estimate of drug-likeness (QED) is 0.745. The van der Waals surface area contributed by atoms with Gasteiger partial charge in [-0.15, -0.1) is 0 Å². The van der Waals surface area contributed by atoms with Gasteiger partial charge in [-0.05, 0) is 40.3 Å². The van der Waals surface area contributed by atoms with Crippen molar-refractivity contribution in [3.63, 3.8) is 0 Å². The number of benzene rings is 1. The summed E-state index contributed by atoms with van der Waals surface area (Å²) in [7, 11) is -2.96. The van der Waals surface area contributed by atoms with E-state index in [0.29, 0.717) is 0 Å². The van der Waals surface area contributed by atoms with Crippen molar-refractivity contribution < 1.29 is 8.42 Å². The lowest BCUT2D eigenvalue weighted by Crippen LogP contribution is -2.03. The highest BCUT2D eigenvalue weighted by Gasteiger charge is 2.10. The molecular formula is C8H8BrIO2S. The summed E-state index contributed by atoms with van der Waals surface area (Å²) in [5.74, 6) is 0.0900. The minimum Gasteiger partial charge on any atom is -0.229 e. The van der Waals surface area contributed by atoms with Crippen molar-refractivity contribution in [3.05, 3.63) is 31.8 Å². The van der Waals surface area contributed by atoms with E-state index in [1.807, 2.05) is 18.2 Å². The fourth-order valence-corrected chi connectivity index (χ4v) is 3.78. The summed E-state index contributed by atoms with van der Waals surface area (Å²) in [6, 6.07) is 5.63. The van der Waals surface area contributed by atoms with Gasteiger partial charge in [-0.1, -0.05) is 22.0 Å². The molecule has 0 fully saturated rings. The van der Waals surface area contributed by atoms with Gasteiger partial charge in [0.25, 0.3) is 0 Å². The molecule has 0 saturated heterocycles. The van der Waals surface area contributed by atoms with Gasteiger partial charge in [0.1, 0.15) is 0 Å². The standard InChI is InChI=1S/C8H8BrIO2S/c1-13(11,12)5-6-7(9)3-2-4-8(6)10/h2-4H,5H2,1H3. The Labute approximate surface area is 99.9 Å². The van der Waals surface area contributed by atoms with Gasteiger partial charge in [0, 0.05) is 14.3 Å². The van der Waals surface area contributed by atoms with Crippen LogP contribution in [0.15, 0.2) is 22.7 Å². The second-order valence-electron chi connectivity index (χ2n) is 2.77. The maximum absolute atomic E-state index is 11.1. The molecule has 0 bridgehead atoms. The predicted octanol–water partition coefficient (Wildman–Crippen LogP) is 2.60. The summed E-state index contributed by atoms with van der Waals surface area (Å²) in [6.45, 7) is 0. The second kappa shape index (κ2) is 4.27. The van der Waals surface area contributed by atoms with Gasteiger partial charge in [-0.2, -0.15) is 0 Å². The van der Waals surface area contributed by atoms with Crippen molar-refractivity contribution in [1.29, 1.82) is 0 Å². The molecule has 72 valence electrons. The van der Waals surface area contributed by atoms with E-state index in [0.717, 1.165) is 13.6 Å². The molecular weight excluding hydrogens is 367 g/mol. The van der Waals surface area contributed by atoms with Crippen LogP contribution in [0.5, 0.6) is 0 Å². The molecule has 0 heterocycles. The molecule has 1 aromatic rings. The topological polar surface area (TPSA) is 34.1 Å². The molecule has 0 aromatic heterocycles. The summed E-state index contributed by atoms with van der Waals surface area (Å²) in [4.78, 5) is 0. The number of hydrogen-bond acceptors (Lipinski definition) is 2. The smallest absolute Gasteiger partial charge is 0.151 e. The largest absolute Gasteiger partial charge is 0.229 e. The Balaban J connectivity index is 3.15. The van der Waals surface area contributed by atoms with Crippen LogP contribution < -0.4 is 0 Å². The molecule has 1 rings (SSSR count). The Morgan fingerprint density at radius 1 is 1.46 bits per heavy atom. The van der Waals surface area contributed by atoms with Crippen molar-refractivity contribution >= 4 is 48.4 Å². The van der Waals surface area contributed by atoms with Crippen LogP contribution in [0.2, 0.25) is 0 Å². The highest BCUT2D eigenvalue weighted by molar-refractivity contribution is 14.1. The van der Waals surface area contributed by atoms with Crippen LogP contribution in [0, 0.1) is 3.57 Å². The predicted molar refractivity (Wildman–Crippen MR) is 65.4 cm³/mol. The lowest BCUT2D eigenvalue weighted by molar-refractivity contribution is 0.601. The van der Waals surface area contributed by atoms with Gasteiger partial charge < -0.3 is 0 Å². The lowest BCUT2D eigenvalue weighted by Gasteiger charge is -2.05. The Morgan fingerprint density at radius 2 is 2.08 bits per heavy atom. The number of hydrogen-bond donors (Lipinski definition) is 0. The van der Waals surface area contributed by atoms with E-state index >= 15 is 0 Å². The van der Waals surface area contributed by atoms with Crippen LogP contribution in [-0.2, 0) is 15.6 Å². The van der Waals surface area contributed by atoms with Crippen molar-refractivity contribution in [2.45, 2.75) is 5.75 Å². The van der Waals surface area contributed by atoms with Crippen LogP contribution in [0.3, 0.4) is 0 Å². The number of halogens is 2. The minimum atomic E-state index is -2.96. The average Bonchev–Trinajstić information content (AvgIpc) is 1.95. The van der Waals surface area contributed by atoms with Crippen LogP contribution in [0.25, 0.3) is 0 Å². The first-order valence-electron chi connectivity index (χ1n) is 3.51. The van der Waals surface area contributed by atoms with Crippen LogP contribution in [-0.4, -0.2) is 14.7 Å². The third-order valence-corrected chi connectivity index (χ3v) is 4.03. The molecule has 0 aliphatic rings. The van der Waals surface area contributed by atoms with Crippen molar-refractivity contribution in [2.75, 3.05) is 6.26 Å². The van der Waals surface area contributed by atoms with E-state index in [1.54, 1.807) is 0 Å². The second-order valence-corrected chi connectivity index (χ2v) is 6.93. The SMILES string of the molecule is CS(=O)(=O)Cc1c(Br)cccc1I. The Morgan fingerprint density at radius 3 is 2.54 bits per heavy atom. The van der Waals surface area contributed by atoms with E-state index in [4.69, 9.17) is 0 Å². The molecule has 1 aromatic carbocycles. The zero-order chi connectivity index (χ0) is 10.1. The normalized spacial score (nSPS) is 11.6. The molecule has 0 saturated carbocycles. The molecule has 0 unspecified atom stereocenters. The van der Waals surface area contributed by atoms with Crippen molar-refractivity contribution in [1.82, 2.24) is 0 Å². The summed E-state index contributed by atoms with van der Waals surface area (Å²) in [5.41, 5.74) is 0.839. The fraction of sp³-hybridized carbons (Fsp3) is 0.250. The molecule has 0 aliphatic carbocycles. The first kappa shape index (κ1) is 11.5. The fourth-order valence-electron chi connectivity index (χ4n) is 0.932. The van der Waals surface area contributed by atoms with Gasteiger partial charge in [0.05, 0.1) is 5.75 Å². The molecule has 0 radical (unpaired) electrons. The lowest BCUT2D eigenvalue weighted by atomic mass is 10.2. The van der Waals surface area contributed by atoms with Crippen molar-refractivity contribution in [2.24, 2.45) is 0 Å². The first-order chi connectivity index (χ1) is 5.90. The molecule has 5 heteroatoms. The van der Waals surface area contributed by atoms with Gasteiger partial charge in [0.15, 0.2) is 9.84 Å². The molecule has 0 atom stereocenters. The monoisotopic (exact) mass is 374 g/mol. The maximum atomic E-state index is 11.1. The molecule has 2 nitrogen and oxygen atoms in total. The molecule has 0 aliphatic heterocycles. The highest BCUT2D eigenvalue weighted by Crippen LogP contribution is 2.23. The first-order valence-corrected chi connectivity index (χ1v) is 7.44. The van der Waals surface area contributed by atoms with Crippen LogP contribution in [0.4, 0.5) is 0 Å². The van der Waals surface area contributed by atoms with Crippen LogP contribution >= 0.6 is 38.5 Å². The van der Waals surface area contributed by atoms with Crippen LogP contribution in [0.1, 0.15) is 5.56 Å². The molecule has 0 N–H and O–H groups in total. The van der Waals surface area contributed by atoms with E-state index in [1.165, 1.54) is 6.26 Å². The van der Waals surface area contributed by atoms with E-state index in [9.17, 15) is 8.42 Å². The molecule has 0 amide bonds. The molecule has 13 heavy (non-hydrogen) atoms. The van der Waals surface area contributed by atoms with Gasteiger partial charge in [-0.3, -0.25) is 0 Å². The summed E-state index contributed by atoms with van der Waals surface area (Å²) >= 11 is 5.46. The van der Waals surface area contributed by atoms with E-state index in [2.05, 4.69) is 38.5 Å². The van der Waals surface area contributed by atoms with Gasteiger partial charge >= 0.3 is 0 Å². The Bertz CT molecular complexity index is 394. The summed E-state index contributed by atoms with van der Waals surface area (Å²) < 4.78 is 24.0. The molecule has 0 spiro atoms. The summed E-state index contributed by atoms with van der Waals surface area (Å²) in [6.07, 6.45) is 1.24. The van der Waals surface area contributed by atoms with E-state index < -0.39 is 9.84 Å². The number of sulfone groups is 1. The average molecular weight is 375 g/mol. The highest BCUT2D eigenvalue weighted by atomic mass is 127. The van der Waals surface area contributed by atoms with E-state index in [-0.39, 0.29) is 5.75 Å². The maximum Gasteiger partial charge on any atom is 0.151 e. The Hall–Kier alpha value is 0.380. The van der Waals surface area contributed by atoms with Crippen molar-refractivity contribution in [3.8, 4) is 0 Å². The number of rotatable bonds is 2.